The van der Waals surface area contributed by atoms with E-state index in [0.717, 1.165) is 22.6 Å². The summed E-state index contributed by atoms with van der Waals surface area (Å²) in [6.45, 7) is 2.45. The van der Waals surface area contributed by atoms with Gasteiger partial charge in [0.05, 0.1) is 0 Å². The highest BCUT2D eigenvalue weighted by Crippen LogP contribution is 2.45. The molecule has 0 nitrogen and oxygen atoms in total. The zero-order valence-electron chi connectivity index (χ0n) is 8.64. The van der Waals surface area contributed by atoms with Crippen LogP contribution in [-0.2, 0) is 0 Å². The summed E-state index contributed by atoms with van der Waals surface area (Å²) in [6, 6.07) is 0. The average Bonchev–Trinajstić information content (AvgIpc) is 2.49. The Morgan fingerprint density at radius 3 is 2.15 bits per heavy atom. The fourth-order valence-electron chi connectivity index (χ4n) is 3.37. The first-order chi connectivity index (χ1) is 6.29. The smallest absolute Gasteiger partial charge is 0.0174 e. The Bertz CT molecular complexity index is 161. The molecule has 3 atom stereocenters. The van der Waals surface area contributed by atoms with Gasteiger partial charge in [-0.3, -0.25) is 0 Å². The van der Waals surface area contributed by atoms with Gasteiger partial charge in [0.2, 0.25) is 0 Å². The van der Waals surface area contributed by atoms with Crippen LogP contribution in [0.25, 0.3) is 0 Å². The normalized spacial score (nSPS) is 42.5. The van der Waals surface area contributed by atoms with E-state index in [1.54, 1.807) is 0 Å². The molecule has 2 aliphatic rings. The predicted molar refractivity (Wildman–Crippen MR) is 61.2 cm³/mol. The fourth-order valence-corrected chi connectivity index (χ4v) is 4.03. The van der Waals surface area contributed by atoms with E-state index < -0.39 is 0 Å². The molecule has 76 valence electrons. The second kappa shape index (κ2) is 4.33. The molecule has 0 aromatic heterocycles. The van der Waals surface area contributed by atoms with Gasteiger partial charge in [-0.15, -0.1) is 0 Å². The van der Waals surface area contributed by atoms with Gasteiger partial charge in [-0.25, -0.2) is 0 Å². The van der Waals surface area contributed by atoms with Crippen LogP contribution < -0.4 is 0 Å². The maximum Gasteiger partial charge on any atom is 0.0174 e. The van der Waals surface area contributed by atoms with E-state index in [0.29, 0.717) is 0 Å². The molecule has 13 heavy (non-hydrogen) atoms. The molecule has 0 aliphatic heterocycles. The van der Waals surface area contributed by atoms with Crippen LogP contribution in [0, 0.1) is 17.8 Å². The van der Waals surface area contributed by atoms with Crippen LogP contribution in [0.5, 0.6) is 0 Å². The van der Waals surface area contributed by atoms with Gasteiger partial charge in [-0.1, -0.05) is 55.0 Å². The minimum atomic E-state index is 0.819. The lowest BCUT2D eigenvalue weighted by Crippen LogP contribution is -2.22. The maximum atomic E-state index is 3.81. The molecule has 2 rings (SSSR count). The zero-order chi connectivity index (χ0) is 9.26. The molecular formula is C12H21Br. The molecule has 0 N–H and O–H groups in total. The number of hydrogen-bond acceptors (Lipinski definition) is 0. The highest BCUT2D eigenvalue weighted by atomic mass is 79.9. The third-order valence-electron chi connectivity index (χ3n) is 4.28. The van der Waals surface area contributed by atoms with Gasteiger partial charge in [-0.05, 0) is 30.6 Å². The van der Waals surface area contributed by atoms with Gasteiger partial charge < -0.3 is 0 Å². The van der Waals surface area contributed by atoms with Crippen molar-refractivity contribution in [2.24, 2.45) is 17.8 Å². The lowest BCUT2D eigenvalue weighted by molar-refractivity contribution is 0.213. The molecule has 0 spiro atoms. The Morgan fingerprint density at radius 1 is 0.923 bits per heavy atom. The summed E-state index contributed by atoms with van der Waals surface area (Å²) >= 11 is 3.81. The lowest BCUT2D eigenvalue weighted by Gasteiger charge is -2.30. The summed E-state index contributed by atoms with van der Waals surface area (Å²) < 4.78 is 0. The largest absolute Gasteiger partial charge is 0.0888 e. The topological polar surface area (TPSA) is 0 Å². The van der Waals surface area contributed by atoms with Crippen LogP contribution in [0.4, 0.5) is 0 Å². The van der Waals surface area contributed by atoms with Crippen molar-refractivity contribution in [2.75, 3.05) is 0 Å². The second-order valence-corrected chi connectivity index (χ2v) is 6.19. The first kappa shape index (κ1) is 10.0. The first-order valence-corrected chi connectivity index (χ1v) is 6.84. The maximum absolute atomic E-state index is 3.81. The number of hydrogen-bond donors (Lipinski definition) is 0. The van der Waals surface area contributed by atoms with Crippen LogP contribution in [0.3, 0.4) is 0 Å². The molecule has 2 fully saturated rings. The van der Waals surface area contributed by atoms with Crippen molar-refractivity contribution < 1.29 is 0 Å². The Labute approximate surface area is 90.6 Å². The first-order valence-electron chi connectivity index (χ1n) is 5.93. The van der Waals surface area contributed by atoms with Crippen LogP contribution >= 0.6 is 15.9 Å². The van der Waals surface area contributed by atoms with Gasteiger partial charge in [0.25, 0.3) is 0 Å². The monoisotopic (exact) mass is 244 g/mol. The summed E-state index contributed by atoms with van der Waals surface area (Å²) in [4.78, 5) is 0.819. The molecule has 0 aromatic carbocycles. The van der Waals surface area contributed by atoms with Crippen molar-refractivity contribution in [1.29, 1.82) is 0 Å². The van der Waals surface area contributed by atoms with Crippen molar-refractivity contribution in [3.63, 3.8) is 0 Å². The fraction of sp³-hybridized carbons (Fsp3) is 1.00. The van der Waals surface area contributed by atoms with E-state index in [4.69, 9.17) is 0 Å². The van der Waals surface area contributed by atoms with Crippen molar-refractivity contribution >= 4 is 15.9 Å². The quantitative estimate of drug-likeness (QED) is 0.601. The third-order valence-corrected chi connectivity index (χ3v) is 5.57. The van der Waals surface area contributed by atoms with E-state index >= 15 is 0 Å². The molecule has 2 aliphatic carbocycles. The summed E-state index contributed by atoms with van der Waals surface area (Å²) in [7, 11) is 0. The third kappa shape index (κ3) is 2.11. The van der Waals surface area contributed by atoms with Crippen molar-refractivity contribution in [2.45, 2.75) is 56.7 Å². The van der Waals surface area contributed by atoms with Crippen LogP contribution in [0.2, 0.25) is 0 Å². The van der Waals surface area contributed by atoms with Crippen LogP contribution in [0.15, 0.2) is 0 Å². The molecule has 0 amide bonds. The Kier molecular flexibility index (Phi) is 3.34. The minimum Gasteiger partial charge on any atom is -0.0888 e. The van der Waals surface area contributed by atoms with Crippen molar-refractivity contribution in [3.8, 4) is 0 Å². The van der Waals surface area contributed by atoms with Gasteiger partial charge in [0, 0.05) is 4.83 Å². The highest BCUT2D eigenvalue weighted by molar-refractivity contribution is 9.09. The number of alkyl halides is 1. The Morgan fingerprint density at radius 2 is 1.62 bits per heavy atom. The molecule has 2 saturated carbocycles. The van der Waals surface area contributed by atoms with E-state index in [9.17, 15) is 0 Å². The van der Waals surface area contributed by atoms with Crippen LogP contribution in [0.1, 0.15) is 51.9 Å². The Hall–Kier alpha value is 0.480. The summed E-state index contributed by atoms with van der Waals surface area (Å²) in [5, 5.41) is 0. The summed E-state index contributed by atoms with van der Waals surface area (Å²) in [5.74, 6) is 3.05. The second-order valence-electron chi connectivity index (χ2n) is 5.01. The minimum absolute atomic E-state index is 0.819. The van der Waals surface area contributed by atoms with E-state index in [-0.39, 0.29) is 0 Å². The van der Waals surface area contributed by atoms with Crippen LogP contribution in [-0.4, -0.2) is 4.83 Å². The highest BCUT2D eigenvalue weighted by Gasteiger charge is 2.36. The molecule has 0 aromatic rings. The van der Waals surface area contributed by atoms with Gasteiger partial charge in [0.15, 0.2) is 0 Å². The molecule has 0 radical (unpaired) electrons. The predicted octanol–water partition coefficient (Wildman–Crippen LogP) is 4.38. The van der Waals surface area contributed by atoms with E-state index in [2.05, 4.69) is 22.9 Å². The van der Waals surface area contributed by atoms with Gasteiger partial charge >= 0.3 is 0 Å². The lowest BCUT2D eigenvalue weighted by atomic mass is 9.76. The van der Waals surface area contributed by atoms with Gasteiger partial charge in [-0.2, -0.15) is 0 Å². The molecule has 3 unspecified atom stereocenters. The number of halogens is 1. The molecular weight excluding hydrogens is 224 g/mol. The molecule has 0 saturated heterocycles. The average molecular weight is 245 g/mol. The standard InChI is InChI=1S/C12H21Br/c1-9-11(7-8-12(9)13)10-5-3-2-4-6-10/h9-12H,2-8H2,1H3. The summed E-state index contributed by atoms with van der Waals surface area (Å²) in [5.41, 5.74) is 0. The molecule has 0 heterocycles. The van der Waals surface area contributed by atoms with Crippen molar-refractivity contribution in [3.05, 3.63) is 0 Å². The molecule has 0 bridgehead atoms. The van der Waals surface area contributed by atoms with E-state index in [1.165, 1.54) is 44.9 Å². The van der Waals surface area contributed by atoms with Crippen molar-refractivity contribution in [1.82, 2.24) is 0 Å². The SMILES string of the molecule is CC1C(Br)CCC1C1CCCCC1. The van der Waals surface area contributed by atoms with E-state index in [1.807, 2.05) is 0 Å². The number of rotatable bonds is 1. The zero-order valence-corrected chi connectivity index (χ0v) is 10.2. The summed E-state index contributed by atoms with van der Waals surface area (Å²) in [6.07, 6.45) is 10.4. The Balaban J connectivity index is 1.92. The van der Waals surface area contributed by atoms with Gasteiger partial charge in [0.1, 0.15) is 0 Å². The molecule has 1 heteroatoms.